The summed E-state index contributed by atoms with van der Waals surface area (Å²) in [6.07, 6.45) is 4.16. The number of aromatic nitrogens is 2. The normalized spacial score (nSPS) is 24.4. The van der Waals surface area contributed by atoms with Crippen LogP contribution in [0.25, 0.3) is 0 Å². The van der Waals surface area contributed by atoms with E-state index in [-0.39, 0.29) is 36.2 Å². The lowest BCUT2D eigenvalue weighted by molar-refractivity contribution is -0.138. The Balaban J connectivity index is 0.00000210. The first-order valence-corrected chi connectivity index (χ1v) is 8.93. The average molecular weight is 397 g/mol. The van der Waals surface area contributed by atoms with Crippen LogP contribution in [0, 0.1) is 17.6 Å². The smallest absolute Gasteiger partial charge is 0.228 e. The quantitative estimate of drug-likeness (QED) is 0.848. The van der Waals surface area contributed by atoms with E-state index >= 15 is 0 Å². The molecule has 2 aromatic rings. The topological polar surface area (TPSA) is 50.2 Å². The molecule has 146 valence electrons. The van der Waals surface area contributed by atoms with Crippen LogP contribution in [0.15, 0.2) is 24.5 Å². The van der Waals surface area contributed by atoms with Gasteiger partial charge in [0.25, 0.3) is 0 Å². The SMILES string of the molecule is CC1c2cc(F)cc(F)c2CCN1C(=O)[C@H]1CNC[C@@H]1c1cnn(C)c1.Cl. The van der Waals surface area contributed by atoms with Gasteiger partial charge in [-0.15, -0.1) is 12.4 Å². The van der Waals surface area contributed by atoms with Crippen molar-refractivity contribution in [1.82, 2.24) is 20.0 Å². The molecule has 3 heterocycles. The maximum absolute atomic E-state index is 14.1. The highest BCUT2D eigenvalue weighted by Crippen LogP contribution is 2.36. The van der Waals surface area contributed by atoms with Crippen molar-refractivity contribution in [3.63, 3.8) is 0 Å². The molecule has 1 saturated heterocycles. The molecular formula is C19H23ClF2N4O. The maximum Gasteiger partial charge on any atom is 0.228 e. The predicted molar refractivity (Wildman–Crippen MR) is 99.7 cm³/mol. The van der Waals surface area contributed by atoms with Gasteiger partial charge >= 0.3 is 0 Å². The van der Waals surface area contributed by atoms with E-state index in [0.29, 0.717) is 30.6 Å². The van der Waals surface area contributed by atoms with Crippen LogP contribution in [-0.4, -0.2) is 40.2 Å². The van der Waals surface area contributed by atoms with Crippen molar-refractivity contribution in [2.45, 2.75) is 25.3 Å². The lowest BCUT2D eigenvalue weighted by Crippen LogP contribution is -2.44. The zero-order valence-corrected chi connectivity index (χ0v) is 16.1. The molecule has 1 N–H and O–H groups in total. The third kappa shape index (κ3) is 3.46. The van der Waals surface area contributed by atoms with Crippen molar-refractivity contribution >= 4 is 18.3 Å². The van der Waals surface area contributed by atoms with E-state index in [2.05, 4.69) is 10.4 Å². The first-order chi connectivity index (χ1) is 12.5. The molecule has 1 aromatic carbocycles. The molecule has 0 saturated carbocycles. The standard InChI is InChI=1S/C19H22F2N4O.ClH/c1-11-15-5-13(20)6-18(21)14(15)3-4-25(11)19(26)17-9-22-8-16(17)12-7-23-24(2)10-12;/h5-7,10-11,16-17,22H,3-4,8-9H2,1-2H3;1H/t11?,16-,17+;/m1./s1. The molecule has 2 aliphatic heterocycles. The Labute approximate surface area is 163 Å². The second-order valence-corrected chi connectivity index (χ2v) is 7.23. The molecule has 1 fully saturated rings. The third-order valence-electron chi connectivity index (χ3n) is 5.68. The van der Waals surface area contributed by atoms with Crippen LogP contribution in [0.2, 0.25) is 0 Å². The van der Waals surface area contributed by atoms with Crippen molar-refractivity contribution in [2.75, 3.05) is 19.6 Å². The number of fused-ring (bicyclic) bond motifs is 1. The van der Waals surface area contributed by atoms with Crippen LogP contribution in [0.4, 0.5) is 8.78 Å². The second kappa shape index (κ2) is 7.56. The molecular weight excluding hydrogens is 374 g/mol. The molecule has 0 bridgehead atoms. The van der Waals surface area contributed by atoms with Gasteiger partial charge in [-0.05, 0) is 36.1 Å². The van der Waals surface area contributed by atoms with Gasteiger partial charge in [-0.25, -0.2) is 8.78 Å². The Bertz CT molecular complexity index is 856. The maximum atomic E-state index is 14.1. The van der Waals surface area contributed by atoms with Crippen molar-refractivity contribution in [2.24, 2.45) is 13.0 Å². The number of hydrogen-bond acceptors (Lipinski definition) is 3. The predicted octanol–water partition coefficient (Wildman–Crippen LogP) is 2.57. The van der Waals surface area contributed by atoms with E-state index in [1.165, 1.54) is 6.07 Å². The largest absolute Gasteiger partial charge is 0.335 e. The van der Waals surface area contributed by atoms with E-state index in [1.54, 1.807) is 15.8 Å². The van der Waals surface area contributed by atoms with Crippen molar-refractivity contribution in [3.8, 4) is 0 Å². The lowest BCUT2D eigenvalue weighted by Gasteiger charge is -2.37. The van der Waals surface area contributed by atoms with Gasteiger partial charge in [-0.1, -0.05) is 0 Å². The molecule has 0 aliphatic carbocycles. The van der Waals surface area contributed by atoms with Gasteiger partial charge in [-0.3, -0.25) is 9.48 Å². The summed E-state index contributed by atoms with van der Waals surface area (Å²) in [7, 11) is 1.86. The Kier molecular flexibility index (Phi) is 5.53. The number of halogens is 3. The Hall–Kier alpha value is -1.99. The van der Waals surface area contributed by atoms with Crippen molar-refractivity contribution in [3.05, 3.63) is 52.9 Å². The van der Waals surface area contributed by atoms with E-state index < -0.39 is 11.6 Å². The Morgan fingerprint density at radius 1 is 1.30 bits per heavy atom. The second-order valence-electron chi connectivity index (χ2n) is 7.23. The molecule has 1 unspecified atom stereocenters. The zero-order chi connectivity index (χ0) is 18.4. The van der Waals surface area contributed by atoms with Gasteiger partial charge in [0.1, 0.15) is 11.6 Å². The summed E-state index contributed by atoms with van der Waals surface area (Å²) in [4.78, 5) is 15.0. The average Bonchev–Trinajstić information content (AvgIpc) is 3.23. The summed E-state index contributed by atoms with van der Waals surface area (Å²) in [5, 5.41) is 7.51. The summed E-state index contributed by atoms with van der Waals surface area (Å²) in [5.74, 6) is -1.21. The molecule has 5 nitrogen and oxygen atoms in total. The zero-order valence-electron chi connectivity index (χ0n) is 15.3. The highest BCUT2D eigenvalue weighted by atomic mass is 35.5. The molecule has 1 aromatic heterocycles. The molecule has 0 radical (unpaired) electrons. The minimum Gasteiger partial charge on any atom is -0.335 e. The molecule has 1 amide bonds. The molecule has 3 atom stereocenters. The number of aryl methyl sites for hydroxylation is 1. The van der Waals surface area contributed by atoms with Gasteiger partial charge in [0, 0.05) is 44.9 Å². The molecule has 0 spiro atoms. The van der Waals surface area contributed by atoms with Gasteiger partial charge in [0.15, 0.2) is 0 Å². The molecule has 27 heavy (non-hydrogen) atoms. The number of carbonyl (C=O) groups excluding carboxylic acids is 1. The number of benzene rings is 1. The van der Waals surface area contributed by atoms with Crippen LogP contribution in [0.3, 0.4) is 0 Å². The van der Waals surface area contributed by atoms with Crippen LogP contribution in [-0.2, 0) is 18.3 Å². The fraction of sp³-hybridized carbons (Fsp3) is 0.474. The van der Waals surface area contributed by atoms with Gasteiger partial charge in [0.2, 0.25) is 5.91 Å². The van der Waals surface area contributed by atoms with Crippen LogP contribution >= 0.6 is 12.4 Å². The summed E-state index contributed by atoms with van der Waals surface area (Å²) in [5.41, 5.74) is 2.14. The van der Waals surface area contributed by atoms with Crippen LogP contribution in [0.5, 0.6) is 0 Å². The van der Waals surface area contributed by atoms with Crippen LogP contribution in [0.1, 0.15) is 35.6 Å². The number of nitrogens with one attached hydrogen (secondary N) is 1. The minimum absolute atomic E-state index is 0. The van der Waals surface area contributed by atoms with Crippen molar-refractivity contribution < 1.29 is 13.6 Å². The summed E-state index contributed by atoms with van der Waals surface area (Å²) < 4.78 is 29.5. The number of nitrogens with zero attached hydrogens (tertiary/aromatic N) is 3. The van der Waals surface area contributed by atoms with E-state index in [1.807, 2.05) is 20.2 Å². The minimum atomic E-state index is -0.599. The number of hydrogen-bond donors (Lipinski definition) is 1. The molecule has 4 rings (SSSR count). The highest BCUT2D eigenvalue weighted by molar-refractivity contribution is 5.85. The van der Waals surface area contributed by atoms with E-state index in [0.717, 1.165) is 18.2 Å². The van der Waals surface area contributed by atoms with Gasteiger partial charge < -0.3 is 10.2 Å². The van der Waals surface area contributed by atoms with E-state index in [4.69, 9.17) is 0 Å². The van der Waals surface area contributed by atoms with Crippen molar-refractivity contribution in [1.29, 1.82) is 0 Å². The van der Waals surface area contributed by atoms with Gasteiger partial charge in [-0.2, -0.15) is 5.10 Å². The molecule has 2 aliphatic rings. The fourth-order valence-electron chi connectivity index (χ4n) is 4.29. The first-order valence-electron chi connectivity index (χ1n) is 8.93. The summed E-state index contributed by atoms with van der Waals surface area (Å²) in [6.45, 7) is 3.62. The number of amides is 1. The highest BCUT2D eigenvalue weighted by Gasteiger charge is 2.40. The van der Waals surface area contributed by atoms with E-state index in [9.17, 15) is 13.6 Å². The third-order valence-corrected chi connectivity index (χ3v) is 5.68. The Morgan fingerprint density at radius 3 is 2.78 bits per heavy atom. The Morgan fingerprint density at radius 2 is 2.07 bits per heavy atom. The van der Waals surface area contributed by atoms with Crippen LogP contribution < -0.4 is 5.32 Å². The number of carbonyl (C=O) groups is 1. The summed E-state index contributed by atoms with van der Waals surface area (Å²) in [6, 6.07) is 1.93. The monoisotopic (exact) mass is 396 g/mol. The van der Waals surface area contributed by atoms with Gasteiger partial charge in [0.05, 0.1) is 18.2 Å². The lowest BCUT2D eigenvalue weighted by atomic mass is 9.87. The fourth-order valence-corrected chi connectivity index (χ4v) is 4.29. The number of rotatable bonds is 2. The summed E-state index contributed by atoms with van der Waals surface area (Å²) >= 11 is 0. The molecule has 8 heteroatoms. The first kappa shape index (κ1) is 19.8.